The first-order valence-corrected chi connectivity index (χ1v) is 8.26. The van der Waals surface area contributed by atoms with Gasteiger partial charge in [-0.15, -0.1) is 0 Å². The largest absolute Gasteiger partial charge is 0.453 e. The number of Topliss-reactive ketones (excluding diaryl/α,β-unsaturated/α-hetero) is 1. The van der Waals surface area contributed by atoms with Gasteiger partial charge in [0.25, 0.3) is 0 Å². The zero-order chi connectivity index (χ0) is 19.4. The fourth-order valence-corrected chi connectivity index (χ4v) is 2.82. The number of nitrogens with zero attached hydrogens (tertiary/aromatic N) is 1. The van der Waals surface area contributed by atoms with Crippen molar-refractivity contribution in [2.45, 2.75) is 0 Å². The molecule has 1 amide bonds. The monoisotopic (exact) mass is 369 g/mol. The minimum absolute atomic E-state index is 0.0869. The third-order valence-electron chi connectivity index (χ3n) is 4.16. The van der Waals surface area contributed by atoms with E-state index in [2.05, 4.69) is 0 Å². The Hall–Kier alpha value is -3.28. The Morgan fingerprint density at radius 3 is 1.67 bits per heavy atom. The van der Waals surface area contributed by atoms with Crippen molar-refractivity contribution in [2.75, 3.05) is 20.2 Å². The van der Waals surface area contributed by atoms with E-state index in [9.17, 15) is 18.4 Å². The number of halogens is 2. The molecule has 2 aromatic rings. The van der Waals surface area contributed by atoms with E-state index in [0.29, 0.717) is 22.3 Å². The molecule has 0 bridgehead atoms. The van der Waals surface area contributed by atoms with Crippen LogP contribution in [-0.2, 0) is 9.53 Å². The summed E-state index contributed by atoms with van der Waals surface area (Å²) in [5.74, 6) is -0.968. The first-order chi connectivity index (χ1) is 13.0. The average Bonchev–Trinajstić information content (AvgIpc) is 2.67. The van der Waals surface area contributed by atoms with Crippen LogP contribution >= 0.6 is 0 Å². The highest BCUT2D eigenvalue weighted by atomic mass is 19.1. The smallest absolute Gasteiger partial charge is 0.410 e. The van der Waals surface area contributed by atoms with Gasteiger partial charge in [-0.05, 0) is 47.5 Å². The molecule has 0 aliphatic carbocycles. The Kier molecular flexibility index (Phi) is 5.45. The van der Waals surface area contributed by atoms with E-state index in [0.717, 1.165) is 0 Å². The molecule has 3 rings (SSSR count). The van der Waals surface area contributed by atoms with E-state index in [4.69, 9.17) is 4.74 Å². The topological polar surface area (TPSA) is 46.6 Å². The van der Waals surface area contributed by atoms with E-state index in [-0.39, 0.29) is 30.5 Å². The number of methoxy groups -OCH3 is 1. The summed E-state index contributed by atoms with van der Waals surface area (Å²) in [6, 6.07) is 11.4. The van der Waals surface area contributed by atoms with Gasteiger partial charge in [-0.1, -0.05) is 24.3 Å². The number of ether oxygens (including phenoxy) is 1. The minimum Gasteiger partial charge on any atom is -0.453 e. The Morgan fingerprint density at radius 1 is 0.889 bits per heavy atom. The molecule has 1 fully saturated rings. The summed E-state index contributed by atoms with van der Waals surface area (Å²) in [5.41, 5.74) is 2.05. The number of hydrogen-bond donors (Lipinski definition) is 0. The summed E-state index contributed by atoms with van der Waals surface area (Å²) in [6.45, 7) is 0.174. The molecule has 0 spiro atoms. The molecule has 1 saturated heterocycles. The van der Waals surface area contributed by atoms with Crippen LogP contribution in [0.15, 0.2) is 59.7 Å². The number of amides is 1. The molecule has 0 atom stereocenters. The minimum atomic E-state index is -0.558. The van der Waals surface area contributed by atoms with E-state index < -0.39 is 6.09 Å². The number of likely N-dealkylation sites (tertiary alicyclic amines) is 1. The number of hydrogen-bond acceptors (Lipinski definition) is 3. The molecular formula is C21H17F2NO3. The molecule has 0 unspecified atom stereocenters. The molecule has 1 heterocycles. The standard InChI is InChI=1S/C21H17F2NO3/c1-27-21(26)24-12-16(10-14-2-6-18(22)7-3-14)20(25)17(13-24)11-15-4-8-19(23)9-5-15/h2-11H,12-13H2,1H3/b16-10-,17-11+. The fraction of sp³-hybridized carbons (Fsp3) is 0.143. The van der Waals surface area contributed by atoms with Gasteiger partial charge in [-0.25, -0.2) is 13.6 Å². The first kappa shape index (κ1) is 18.5. The number of carbonyl (C=O) groups is 2. The fourth-order valence-electron chi connectivity index (χ4n) is 2.82. The van der Waals surface area contributed by atoms with Crippen molar-refractivity contribution >= 4 is 24.0 Å². The van der Waals surface area contributed by atoms with Gasteiger partial charge < -0.3 is 4.74 Å². The third kappa shape index (κ3) is 4.47. The maximum Gasteiger partial charge on any atom is 0.410 e. The van der Waals surface area contributed by atoms with Gasteiger partial charge in [0.2, 0.25) is 0 Å². The van der Waals surface area contributed by atoms with E-state index in [1.54, 1.807) is 36.4 Å². The van der Waals surface area contributed by atoms with Crippen molar-refractivity contribution in [1.82, 2.24) is 4.90 Å². The highest BCUT2D eigenvalue weighted by molar-refractivity contribution is 6.15. The first-order valence-electron chi connectivity index (χ1n) is 8.26. The molecule has 6 heteroatoms. The third-order valence-corrected chi connectivity index (χ3v) is 4.16. The lowest BCUT2D eigenvalue weighted by atomic mass is 9.94. The summed E-state index contributed by atoms with van der Waals surface area (Å²) in [6.07, 6.45) is 2.68. The van der Waals surface area contributed by atoms with E-state index in [1.165, 1.54) is 36.3 Å². The predicted octanol–water partition coefficient (Wildman–Crippen LogP) is 4.08. The number of carbonyl (C=O) groups excluding carboxylic acids is 2. The molecular weight excluding hydrogens is 352 g/mol. The Morgan fingerprint density at radius 2 is 1.30 bits per heavy atom. The van der Waals surface area contributed by atoms with Crippen LogP contribution in [0.3, 0.4) is 0 Å². The van der Waals surface area contributed by atoms with Gasteiger partial charge in [-0.3, -0.25) is 9.69 Å². The SMILES string of the molecule is COC(=O)N1C/C(=C/c2ccc(F)cc2)C(=O)/C(=C/c2ccc(F)cc2)C1. The molecule has 138 valence electrons. The molecule has 0 aromatic heterocycles. The zero-order valence-electron chi connectivity index (χ0n) is 14.6. The molecule has 2 aromatic carbocycles. The van der Waals surface area contributed by atoms with Gasteiger partial charge in [0, 0.05) is 11.1 Å². The number of piperidine rings is 1. The van der Waals surface area contributed by atoms with Gasteiger partial charge in [0.05, 0.1) is 20.2 Å². The maximum absolute atomic E-state index is 13.1. The van der Waals surface area contributed by atoms with Crippen LogP contribution in [-0.4, -0.2) is 37.0 Å². The van der Waals surface area contributed by atoms with Crippen molar-refractivity contribution < 1.29 is 23.1 Å². The summed E-state index contributed by atoms with van der Waals surface area (Å²) in [7, 11) is 1.27. The normalized spacial score (nSPS) is 17.4. The number of ketones is 1. The maximum atomic E-state index is 13.1. The van der Waals surface area contributed by atoms with Crippen molar-refractivity contribution in [1.29, 1.82) is 0 Å². The lowest BCUT2D eigenvalue weighted by Crippen LogP contribution is -2.41. The highest BCUT2D eigenvalue weighted by Gasteiger charge is 2.29. The van der Waals surface area contributed by atoms with Gasteiger partial charge in [-0.2, -0.15) is 0 Å². The van der Waals surface area contributed by atoms with Gasteiger partial charge >= 0.3 is 6.09 Å². The van der Waals surface area contributed by atoms with Crippen LogP contribution in [0.5, 0.6) is 0 Å². The molecule has 1 aliphatic rings. The van der Waals surface area contributed by atoms with Crippen LogP contribution in [0.2, 0.25) is 0 Å². The predicted molar refractivity (Wildman–Crippen MR) is 97.7 cm³/mol. The lowest BCUT2D eigenvalue weighted by Gasteiger charge is -2.28. The van der Waals surface area contributed by atoms with Crippen LogP contribution in [0, 0.1) is 11.6 Å². The second-order valence-corrected chi connectivity index (χ2v) is 6.10. The molecule has 0 N–H and O–H groups in total. The molecule has 0 saturated carbocycles. The second-order valence-electron chi connectivity index (χ2n) is 6.10. The Balaban J connectivity index is 1.97. The molecule has 4 nitrogen and oxygen atoms in total. The summed E-state index contributed by atoms with van der Waals surface area (Å²) in [5, 5.41) is 0. The van der Waals surface area contributed by atoms with Gasteiger partial charge in [0.15, 0.2) is 5.78 Å². The average molecular weight is 369 g/mol. The number of benzene rings is 2. The summed E-state index contributed by atoms with van der Waals surface area (Å²) >= 11 is 0. The second kappa shape index (κ2) is 7.95. The van der Waals surface area contributed by atoms with Gasteiger partial charge in [0.1, 0.15) is 11.6 Å². The van der Waals surface area contributed by atoms with Crippen LogP contribution in [0.1, 0.15) is 11.1 Å². The quantitative estimate of drug-likeness (QED) is 0.750. The molecule has 1 aliphatic heterocycles. The number of rotatable bonds is 2. The van der Waals surface area contributed by atoms with Crippen LogP contribution < -0.4 is 0 Å². The van der Waals surface area contributed by atoms with Crippen molar-refractivity contribution in [3.8, 4) is 0 Å². The highest BCUT2D eigenvalue weighted by Crippen LogP contribution is 2.23. The van der Waals surface area contributed by atoms with Crippen molar-refractivity contribution in [3.63, 3.8) is 0 Å². The van der Waals surface area contributed by atoms with E-state index in [1.807, 2.05) is 0 Å². The molecule has 0 radical (unpaired) electrons. The zero-order valence-corrected chi connectivity index (χ0v) is 14.6. The summed E-state index contributed by atoms with van der Waals surface area (Å²) < 4.78 is 31.0. The van der Waals surface area contributed by atoms with Crippen molar-refractivity contribution in [3.05, 3.63) is 82.4 Å². The molecule has 27 heavy (non-hydrogen) atoms. The van der Waals surface area contributed by atoms with Crippen molar-refractivity contribution in [2.24, 2.45) is 0 Å². The summed E-state index contributed by atoms with van der Waals surface area (Å²) in [4.78, 5) is 26.3. The van der Waals surface area contributed by atoms with Crippen LogP contribution in [0.25, 0.3) is 12.2 Å². The van der Waals surface area contributed by atoms with E-state index >= 15 is 0 Å². The lowest BCUT2D eigenvalue weighted by molar-refractivity contribution is -0.113. The van der Waals surface area contributed by atoms with Crippen LogP contribution in [0.4, 0.5) is 13.6 Å². The Bertz CT molecular complexity index is 848. The Labute approximate surface area is 155 Å².